The minimum absolute atomic E-state index is 0.572. The van der Waals surface area contributed by atoms with Gasteiger partial charge in [0, 0.05) is 12.6 Å². The van der Waals surface area contributed by atoms with Crippen LogP contribution in [0.2, 0.25) is 0 Å². The molecule has 1 aromatic carbocycles. The van der Waals surface area contributed by atoms with Crippen molar-refractivity contribution in [3.63, 3.8) is 0 Å². The first-order chi connectivity index (χ1) is 10.7. The molecule has 3 heteroatoms. The van der Waals surface area contributed by atoms with Crippen LogP contribution >= 0.6 is 0 Å². The summed E-state index contributed by atoms with van der Waals surface area (Å²) < 4.78 is 5.20. The molecule has 1 aliphatic rings. The van der Waals surface area contributed by atoms with Crippen LogP contribution in [-0.4, -0.2) is 44.2 Å². The SMILES string of the molecule is COc1ccc(CCC(C)NCC(C)CN2CCCC2)cc1. The molecule has 2 atom stereocenters. The molecule has 1 N–H and O–H groups in total. The number of methoxy groups -OCH3 is 1. The average Bonchev–Trinajstić information content (AvgIpc) is 3.04. The Morgan fingerprint density at radius 1 is 1.14 bits per heavy atom. The van der Waals surface area contributed by atoms with Crippen molar-refractivity contribution in [2.45, 2.75) is 45.6 Å². The zero-order valence-electron chi connectivity index (χ0n) is 14.5. The fourth-order valence-corrected chi connectivity index (χ4v) is 3.15. The smallest absolute Gasteiger partial charge is 0.118 e. The first kappa shape index (κ1) is 17.3. The van der Waals surface area contributed by atoms with Gasteiger partial charge in [-0.2, -0.15) is 0 Å². The lowest BCUT2D eigenvalue weighted by atomic mass is 10.1. The van der Waals surface area contributed by atoms with Gasteiger partial charge in [0.25, 0.3) is 0 Å². The molecule has 3 nitrogen and oxygen atoms in total. The maximum absolute atomic E-state index is 5.20. The fourth-order valence-electron chi connectivity index (χ4n) is 3.15. The number of likely N-dealkylation sites (tertiary alicyclic amines) is 1. The lowest BCUT2D eigenvalue weighted by Crippen LogP contribution is -2.35. The highest BCUT2D eigenvalue weighted by atomic mass is 16.5. The van der Waals surface area contributed by atoms with Gasteiger partial charge in [-0.15, -0.1) is 0 Å². The summed E-state index contributed by atoms with van der Waals surface area (Å²) in [7, 11) is 1.71. The van der Waals surface area contributed by atoms with Crippen LogP contribution in [-0.2, 0) is 6.42 Å². The molecule has 0 radical (unpaired) electrons. The summed E-state index contributed by atoms with van der Waals surface area (Å²) in [5.74, 6) is 1.67. The standard InChI is InChI=1S/C19H32N2O/c1-16(15-21-12-4-5-13-21)14-20-17(2)6-7-18-8-10-19(22-3)11-9-18/h8-11,16-17,20H,4-7,12-15H2,1-3H3. The molecule has 124 valence electrons. The highest BCUT2D eigenvalue weighted by molar-refractivity contribution is 5.27. The van der Waals surface area contributed by atoms with Crippen molar-refractivity contribution in [3.05, 3.63) is 29.8 Å². The predicted molar refractivity (Wildman–Crippen MR) is 93.6 cm³/mol. The van der Waals surface area contributed by atoms with E-state index in [1.165, 1.54) is 44.5 Å². The third kappa shape index (κ3) is 5.98. The van der Waals surface area contributed by atoms with Crippen LogP contribution in [0.4, 0.5) is 0 Å². The summed E-state index contributed by atoms with van der Waals surface area (Å²) in [6.45, 7) is 9.64. The van der Waals surface area contributed by atoms with Crippen LogP contribution in [0.3, 0.4) is 0 Å². The van der Waals surface area contributed by atoms with Crippen LogP contribution in [0.5, 0.6) is 5.75 Å². The molecule has 1 aromatic rings. The highest BCUT2D eigenvalue weighted by Gasteiger charge is 2.14. The van der Waals surface area contributed by atoms with E-state index in [0.717, 1.165) is 24.6 Å². The van der Waals surface area contributed by atoms with E-state index in [-0.39, 0.29) is 0 Å². The van der Waals surface area contributed by atoms with Gasteiger partial charge in [-0.1, -0.05) is 19.1 Å². The van der Waals surface area contributed by atoms with E-state index in [2.05, 4.69) is 36.2 Å². The first-order valence-corrected chi connectivity index (χ1v) is 8.76. The van der Waals surface area contributed by atoms with Gasteiger partial charge in [0.2, 0.25) is 0 Å². The van der Waals surface area contributed by atoms with Gasteiger partial charge in [-0.05, 0) is 75.9 Å². The van der Waals surface area contributed by atoms with Crippen molar-refractivity contribution in [2.24, 2.45) is 5.92 Å². The molecule has 0 aliphatic carbocycles. The Kier molecular flexibility index (Phi) is 7.20. The molecule has 2 rings (SSSR count). The largest absolute Gasteiger partial charge is 0.497 e. The third-order valence-corrected chi connectivity index (χ3v) is 4.61. The van der Waals surface area contributed by atoms with Crippen LogP contribution in [0.1, 0.15) is 38.7 Å². The molecule has 0 aromatic heterocycles. The number of nitrogens with zero attached hydrogens (tertiary/aromatic N) is 1. The zero-order valence-corrected chi connectivity index (χ0v) is 14.5. The van der Waals surface area contributed by atoms with Gasteiger partial charge in [0.15, 0.2) is 0 Å². The first-order valence-electron chi connectivity index (χ1n) is 8.76. The second kappa shape index (κ2) is 9.16. The van der Waals surface area contributed by atoms with E-state index in [9.17, 15) is 0 Å². The number of rotatable bonds is 9. The molecule has 1 aliphatic heterocycles. The van der Waals surface area contributed by atoms with Crippen molar-refractivity contribution < 1.29 is 4.74 Å². The Morgan fingerprint density at radius 3 is 2.45 bits per heavy atom. The van der Waals surface area contributed by atoms with Crippen molar-refractivity contribution >= 4 is 0 Å². The van der Waals surface area contributed by atoms with Crippen molar-refractivity contribution in [1.29, 1.82) is 0 Å². The van der Waals surface area contributed by atoms with Crippen LogP contribution < -0.4 is 10.1 Å². The van der Waals surface area contributed by atoms with Crippen LogP contribution in [0.25, 0.3) is 0 Å². The van der Waals surface area contributed by atoms with Crippen LogP contribution in [0, 0.1) is 5.92 Å². The summed E-state index contributed by atoms with van der Waals surface area (Å²) >= 11 is 0. The van der Waals surface area contributed by atoms with Crippen molar-refractivity contribution in [2.75, 3.05) is 33.3 Å². The number of benzene rings is 1. The number of ether oxygens (including phenoxy) is 1. The Hall–Kier alpha value is -1.06. The molecule has 0 amide bonds. The molecule has 0 saturated carbocycles. The molecule has 1 saturated heterocycles. The Morgan fingerprint density at radius 2 is 1.82 bits per heavy atom. The summed E-state index contributed by atoms with van der Waals surface area (Å²) in [4.78, 5) is 2.61. The second-order valence-electron chi connectivity index (χ2n) is 6.81. The topological polar surface area (TPSA) is 24.5 Å². The maximum Gasteiger partial charge on any atom is 0.118 e. The quantitative estimate of drug-likeness (QED) is 0.757. The average molecular weight is 304 g/mol. The Balaban J connectivity index is 1.61. The van der Waals surface area contributed by atoms with E-state index in [1.54, 1.807) is 7.11 Å². The van der Waals surface area contributed by atoms with Gasteiger partial charge in [-0.3, -0.25) is 0 Å². The van der Waals surface area contributed by atoms with Crippen molar-refractivity contribution in [1.82, 2.24) is 10.2 Å². The maximum atomic E-state index is 5.20. The molecule has 0 bridgehead atoms. The van der Waals surface area contributed by atoms with E-state index in [1.807, 2.05) is 12.1 Å². The number of aryl methyl sites for hydroxylation is 1. The van der Waals surface area contributed by atoms with Gasteiger partial charge in [0.05, 0.1) is 7.11 Å². The molecule has 0 spiro atoms. The lowest BCUT2D eigenvalue weighted by molar-refractivity contribution is 0.278. The molecule has 22 heavy (non-hydrogen) atoms. The van der Waals surface area contributed by atoms with E-state index in [0.29, 0.717) is 6.04 Å². The summed E-state index contributed by atoms with van der Waals surface area (Å²) in [5.41, 5.74) is 1.39. The van der Waals surface area contributed by atoms with Gasteiger partial charge < -0.3 is 15.0 Å². The third-order valence-electron chi connectivity index (χ3n) is 4.61. The monoisotopic (exact) mass is 304 g/mol. The van der Waals surface area contributed by atoms with E-state index in [4.69, 9.17) is 4.74 Å². The number of nitrogens with one attached hydrogen (secondary N) is 1. The number of hydrogen-bond acceptors (Lipinski definition) is 3. The normalized spacial score (nSPS) is 18.3. The molecular formula is C19H32N2O. The molecule has 2 unspecified atom stereocenters. The number of hydrogen-bond donors (Lipinski definition) is 1. The summed E-state index contributed by atoms with van der Waals surface area (Å²) in [6, 6.07) is 9.00. The van der Waals surface area contributed by atoms with Gasteiger partial charge >= 0.3 is 0 Å². The predicted octanol–water partition coefficient (Wildman–Crippen LogP) is 3.34. The molecular weight excluding hydrogens is 272 g/mol. The zero-order chi connectivity index (χ0) is 15.8. The summed E-state index contributed by atoms with van der Waals surface area (Å²) in [5, 5.41) is 3.70. The Bertz CT molecular complexity index is 412. The summed E-state index contributed by atoms with van der Waals surface area (Å²) in [6.07, 6.45) is 5.08. The Labute approximate surface area is 136 Å². The van der Waals surface area contributed by atoms with Gasteiger partial charge in [-0.25, -0.2) is 0 Å². The second-order valence-corrected chi connectivity index (χ2v) is 6.81. The minimum atomic E-state index is 0.572. The van der Waals surface area contributed by atoms with Crippen molar-refractivity contribution in [3.8, 4) is 5.75 Å². The lowest BCUT2D eigenvalue weighted by Gasteiger charge is -2.22. The molecule has 1 fully saturated rings. The van der Waals surface area contributed by atoms with Crippen LogP contribution in [0.15, 0.2) is 24.3 Å². The molecule has 1 heterocycles. The van der Waals surface area contributed by atoms with E-state index < -0.39 is 0 Å². The highest BCUT2D eigenvalue weighted by Crippen LogP contribution is 2.13. The minimum Gasteiger partial charge on any atom is -0.497 e. The van der Waals surface area contributed by atoms with Gasteiger partial charge in [0.1, 0.15) is 5.75 Å². The fraction of sp³-hybridized carbons (Fsp3) is 0.684. The van der Waals surface area contributed by atoms with E-state index >= 15 is 0 Å².